The van der Waals surface area contributed by atoms with Crippen LogP contribution in [0.1, 0.15) is 40.9 Å². The topological polar surface area (TPSA) is 122 Å². The number of benzene rings is 3. The molecule has 8 nitrogen and oxygen atoms in total. The van der Waals surface area contributed by atoms with Crippen molar-refractivity contribution in [2.75, 3.05) is 25.4 Å². The summed E-state index contributed by atoms with van der Waals surface area (Å²) in [5, 5.41) is 14.4. The molecule has 1 amide bonds. The molecule has 1 aliphatic rings. The molecule has 0 bridgehead atoms. The van der Waals surface area contributed by atoms with Crippen LogP contribution in [0.15, 0.2) is 71.6 Å². The zero-order chi connectivity index (χ0) is 28.2. The first-order valence-electron chi connectivity index (χ1n) is 13.2. The lowest BCUT2D eigenvalue weighted by molar-refractivity contribution is 0.0775. The van der Waals surface area contributed by atoms with Gasteiger partial charge in [0.05, 0.1) is 23.6 Å². The molecule has 0 fully saturated rings. The Labute approximate surface area is 230 Å². The van der Waals surface area contributed by atoms with Gasteiger partial charge in [-0.3, -0.25) is 4.79 Å². The fourth-order valence-electron chi connectivity index (χ4n) is 4.78. The van der Waals surface area contributed by atoms with Gasteiger partial charge in [0.15, 0.2) is 0 Å². The van der Waals surface area contributed by atoms with Crippen LogP contribution < -0.4 is 15.8 Å². The van der Waals surface area contributed by atoms with Crippen LogP contribution in [0.3, 0.4) is 0 Å². The van der Waals surface area contributed by atoms with E-state index in [0.29, 0.717) is 42.0 Å². The number of hydrogen-bond donors (Lipinski definition) is 3. The number of sulfonamides is 1. The number of carbonyl (C=O) groups is 1. The van der Waals surface area contributed by atoms with Gasteiger partial charge >= 0.3 is 0 Å². The number of rotatable bonds is 11. The molecule has 9 heteroatoms. The van der Waals surface area contributed by atoms with Crippen molar-refractivity contribution in [3.05, 3.63) is 89.0 Å². The predicted molar refractivity (Wildman–Crippen MR) is 152 cm³/mol. The highest BCUT2D eigenvalue weighted by molar-refractivity contribution is 7.89. The van der Waals surface area contributed by atoms with E-state index in [1.54, 1.807) is 43.3 Å². The molecule has 0 saturated heterocycles. The van der Waals surface area contributed by atoms with Crippen LogP contribution in [0.4, 0.5) is 5.69 Å². The Balaban J connectivity index is 1.62. The van der Waals surface area contributed by atoms with Gasteiger partial charge in [-0.25, -0.2) is 8.42 Å². The normalized spacial score (nSPS) is 14.6. The SMILES string of the molecule is Cc1c(N)cccc1C(=O)NC(Cc1ccccc1)C(O)CN(CC(C)C)S(=O)(=O)c1ccc2c(c1)CCO2. The molecule has 0 radical (unpaired) electrons. The van der Waals surface area contributed by atoms with Gasteiger partial charge in [-0.1, -0.05) is 50.2 Å². The molecular weight excluding hydrogens is 514 g/mol. The highest BCUT2D eigenvalue weighted by Gasteiger charge is 2.32. The Kier molecular flexibility index (Phi) is 8.94. The van der Waals surface area contributed by atoms with Gasteiger partial charge < -0.3 is 20.9 Å². The average molecular weight is 552 g/mol. The number of carbonyl (C=O) groups excluding carboxylic acids is 1. The van der Waals surface area contributed by atoms with Crippen molar-refractivity contribution in [1.82, 2.24) is 9.62 Å². The summed E-state index contributed by atoms with van der Waals surface area (Å²) in [4.78, 5) is 13.5. The van der Waals surface area contributed by atoms with Gasteiger partial charge in [-0.05, 0) is 66.3 Å². The molecule has 0 spiro atoms. The molecule has 2 unspecified atom stereocenters. The lowest BCUT2D eigenvalue weighted by Crippen LogP contribution is -2.51. The number of aliphatic hydroxyl groups is 1. The minimum absolute atomic E-state index is 0.0156. The maximum atomic E-state index is 13.8. The molecule has 208 valence electrons. The summed E-state index contributed by atoms with van der Waals surface area (Å²) < 4.78 is 34.4. The van der Waals surface area contributed by atoms with E-state index in [1.165, 1.54) is 4.31 Å². The zero-order valence-corrected chi connectivity index (χ0v) is 23.4. The minimum atomic E-state index is -3.92. The van der Waals surface area contributed by atoms with Crippen LogP contribution in [0.25, 0.3) is 0 Å². The van der Waals surface area contributed by atoms with Gasteiger partial charge in [0.2, 0.25) is 10.0 Å². The molecule has 1 heterocycles. The maximum Gasteiger partial charge on any atom is 0.251 e. The van der Waals surface area contributed by atoms with Crippen LogP contribution in [-0.2, 0) is 22.9 Å². The van der Waals surface area contributed by atoms with Crippen molar-refractivity contribution in [3.8, 4) is 5.75 Å². The van der Waals surface area contributed by atoms with Crippen LogP contribution in [0.2, 0.25) is 0 Å². The van der Waals surface area contributed by atoms with Crippen molar-refractivity contribution in [1.29, 1.82) is 0 Å². The highest BCUT2D eigenvalue weighted by Crippen LogP contribution is 2.29. The third-order valence-corrected chi connectivity index (χ3v) is 8.79. The van der Waals surface area contributed by atoms with Gasteiger partial charge in [0, 0.05) is 30.8 Å². The van der Waals surface area contributed by atoms with Crippen molar-refractivity contribution in [2.45, 2.75) is 50.7 Å². The van der Waals surface area contributed by atoms with Crippen LogP contribution in [-0.4, -0.2) is 55.6 Å². The molecule has 2 atom stereocenters. The summed E-state index contributed by atoms with van der Waals surface area (Å²) in [5.41, 5.74) is 9.32. The quantitative estimate of drug-likeness (QED) is 0.313. The van der Waals surface area contributed by atoms with Crippen LogP contribution >= 0.6 is 0 Å². The maximum absolute atomic E-state index is 13.8. The Bertz CT molecular complexity index is 1410. The predicted octanol–water partition coefficient (Wildman–Crippen LogP) is 3.56. The number of nitrogens with zero attached hydrogens (tertiary/aromatic N) is 1. The summed E-state index contributed by atoms with van der Waals surface area (Å²) in [6, 6.07) is 18.7. The van der Waals surface area contributed by atoms with E-state index >= 15 is 0 Å². The summed E-state index contributed by atoms with van der Waals surface area (Å²) in [6.45, 7) is 6.19. The standard InChI is InChI=1S/C30H37N3O5S/c1-20(2)18-33(39(36,37)24-12-13-29-23(17-24)14-15-38-29)19-28(34)27(16-22-8-5-4-6-9-22)32-30(35)25-10-7-11-26(31)21(25)3/h4-13,17,20,27-28,34H,14-16,18-19,31H2,1-3H3,(H,32,35). The van der Waals surface area contributed by atoms with E-state index in [4.69, 9.17) is 10.5 Å². The Morgan fingerprint density at radius 1 is 1.08 bits per heavy atom. The molecule has 39 heavy (non-hydrogen) atoms. The van der Waals surface area contributed by atoms with Crippen molar-refractivity contribution in [3.63, 3.8) is 0 Å². The first-order valence-corrected chi connectivity index (χ1v) is 14.6. The second-order valence-corrected chi connectivity index (χ2v) is 12.4. The Morgan fingerprint density at radius 3 is 2.54 bits per heavy atom. The number of fused-ring (bicyclic) bond motifs is 1. The van der Waals surface area contributed by atoms with Gasteiger partial charge in [0.1, 0.15) is 5.75 Å². The fraction of sp³-hybridized carbons (Fsp3) is 0.367. The first-order chi connectivity index (χ1) is 18.6. The van der Waals surface area contributed by atoms with E-state index in [2.05, 4.69) is 5.32 Å². The van der Waals surface area contributed by atoms with Gasteiger partial charge in [0.25, 0.3) is 5.91 Å². The highest BCUT2D eigenvalue weighted by atomic mass is 32.2. The molecular formula is C30H37N3O5S. The van der Waals surface area contributed by atoms with Crippen molar-refractivity contribution in [2.24, 2.45) is 5.92 Å². The third kappa shape index (κ3) is 6.79. The van der Waals surface area contributed by atoms with Gasteiger partial charge in [-0.15, -0.1) is 0 Å². The summed E-state index contributed by atoms with van der Waals surface area (Å²) in [5.74, 6) is 0.338. The summed E-state index contributed by atoms with van der Waals surface area (Å²) >= 11 is 0. The van der Waals surface area contributed by atoms with Gasteiger partial charge in [-0.2, -0.15) is 4.31 Å². The summed E-state index contributed by atoms with van der Waals surface area (Å²) in [7, 11) is -3.92. The van der Waals surface area contributed by atoms with Crippen molar-refractivity contribution < 1.29 is 23.1 Å². The van der Waals surface area contributed by atoms with E-state index in [1.807, 2.05) is 44.2 Å². The largest absolute Gasteiger partial charge is 0.493 e. The number of aliphatic hydroxyl groups excluding tert-OH is 1. The summed E-state index contributed by atoms with van der Waals surface area (Å²) in [6.07, 6.45) is -0.206. The molecule has 0 saturated carbocycles. The smallest absolute Gasteiger partial charge is 0.251 e. The third-order valence-electron chi connectivity index (χ3n) is 6.96. The van der Waals surface area contributed by atoms with Crippen LogP contribution in [0.5, 0.6) is 5.75 Å². The van der Waals surface area contributed by atoms with E-state index in [-0.39, 0.29) is 29.8 Å². The molecule has 3 aromatic carbocycles. The molecule has 0 aliphatic carbocycles. The van der Waals surface area contributed by atoms with E-state index in [0.717, 1.165) is 11.1 Å². The van der Waals surface area contributed by atoms with Crippen LogP contribution in [0, 0.1) is 12.8 Å². The zero-order valence-electron chi connectivity index (χ0n) is 22.6. The molecule has 3 aromatic rings. The lowest BCUT2D eigenvalue weighted by Gasteiger charge is -2.31. The fourth-order valence-corrected chi connectivity index (χ4v) is 6.46. The second kappa shape index (κ2) is 12.2. The number of nitrogens with two attached hydrogens (primary N) is 1. The number of hydrogen-bond acceptors (Lipinski definition) is 6. The number of anilines is 1. The Hall–Kier alpha value is -3.40. The monoisotopic (exact) mass is 551 g/mol. The minimum Gasteiger partial charge on any atom is -0.493 e. The second-order valence-electron chi connectivity index (χ2n) is 10.4. The molecule has 1 aliphatic heterocycles. The van der Waals surface area contributed by atoms with E-state index in [9.17, 15) is 18.3 Å². The number of nitrogen functional groups attached to an aromatic ring is 1. The van der Waals surface area contributed by atoms with E-state index < -0.39 is 22.2 Å². The molecule has 4 N–H and O–H groups in total. The number of ether oxygens (including phenoxy) is 1. The first kappa shape index (κ1) is 28.6. The lowest BCUT2D eigenvalue weighted by atomic mass is 9.99. The average Bonchev–Trinajstić information content (AvgIpc) is 3.38. The molecule has 4 rings (SSSR count). The molecule has 0 aromatic heterocycles. The Morgan fingerprint density at radius 2 is 1.82 bits per heavy atom. The number of nitrogens with one attached hydrogen (secondary N) is 1. The van der Waals surface area contributed by atoms with Crippen molar-refractivity contribution >= 4 is 21.6 Å². The number of amides is 1.